The van der Waals surface area contributed by atoms with Crippen molar-refractivity contribution >= 4 is 17.0 Å². The van der Waals surface area contributed by atoms with Gasteiger partial charge in [0.1, 0.15) is 0 Å². The van der Waals surface area contributed by atoms with Crippen molar-refractivity contribution in [2.24, 2.45) is 0 Å². The van der Waals surface area contributed by atoms with Gasteiger partial charge in [-0.1, -0.05) is 6.07 Å². The highest BCUT2D eigenvalue weighted by atomic mass is 16.5. The van der Waals surface area contributed by atoms with E-state index in [1.165, 1.54) is 0 Å². The van der Waals surface area contributed by atoms with Crippen molar-refractivity contribution in [2.45, 2.75) is 13.5 Å². The van der Waals surface area contributed by atoms with Crippen LogP contribution in [-0.4, -0.2) is 17.7 Å². The van der Waals surface area contributed by atoms with Crippen molar-refractivity contribution in [1.82, 2.24) is 10.3 Å². The van der Waals surface area contributed by atoms with Gasteiger partial charge in [-0.3, -0.25) is 0 Å². The molecule has 0 spiro atoms. The van der Waals surface area contributed by atoms with Gasteiger partial charge in [0.15, 0.2) is 0 Å². The van der Waals surface area contributed by atoms with Gasteiger partial charge in [0, 0.05) is 18.3 Å². The molecular weight excluding hydrogens is 204 g/mol. The molecular formula is C12H14N2O2. The molecule has 4 nitrogen and oxygen atoms in total. The first-order valence-corrected chi connectivity index (χ1v) is 5.26. The van der Waals surface area contributed by atoms with Crippen LogP contribution in [0.15, 0.2) is 30.5 Å². The van der Waals surface area contributed by atoms with E-state index < -0.39 is 0 Å². The van der Waals surface area contributed by atoms with Crippen LogP contribution >= 0.6 is 0 Å². The van der Waals surface area contributed by atoms with E-state index in [2.05, 4.69) is 10.3 Å². The van der Waals surface area contributed by atoms with Crippen molar-refractivity contribution in [3.05, 3.63) is 36.0 Å². The predicted molar refractivity (Wildman–Crippen MR) is 62.2 cm³/mol. The van der Waals surface area contributed by atoms with E-state index in [1.807, 2.05) is 30.5 Å². The summed E-state index contributed by atoms with van der Waals surface area (Å²) in [4.78, 5) is 14.2. The Bertz CT molecular complexity index is 490. The molecule has 1 aromatic heterocycles. The molecule has 0 fully saturated rings. The third-order valence-corrected chi connectivity index (χ3v) is 2.33. The molecule has 0 aliphatic heterocycles. The van der Waals surface area contributed by atoms with E-state index in [-0.39, 0.29) is 6.09 Å². The van der Waals surface area contributed by atoms with Crippen molar-refractivity contribution in [2.75, 3.05) is 6.61 Å². The molecule has 1 amide bonds. The highest BCUT2D eigenvalue weighted by Gasteiger charge is 2.01. The lowest BCUT2D eigenvalue weighted by atomic mass is 10.1. The Morgan fingerprint density at radius 2 is 2.31 bits per heavy atom. The fourth-order valence-electron chi connectivity index (χ4n) is 1.57. The molecule has 4 heteroatoms. The van der Waals surface area contributed by atoms with E-state index in [0.29, 0.717) is 13.2 Å². The summed E-state index contributed by atoms with van der Waals surface area (Å²) in [7, 11) is 0. The molecule has 0 aliphatic rings. The number of fused-ring (bicyclic) bond motifs is 1. The van der Waals surface area contributed by atoms with Gasteiger partial charge in [-0.25, -0.2) is 4.79 Å². The second-order valence-corrected chi connectivity index (χ2v) is 3.47. The molecule has 16 heavy (non-hydrogen) atoms. The van der Waals surface area contributed by atoms with E-state index in [9.17, 15) is 4.79 Å². The molecule has 1 heterocycles. The van der Waals surface area contributed by atoms with Crippen LogP contribution in [-0.2, 0) is 11.3 Å². The van der Waals surface area contributed by atoms with Crippen LogP contribution in [0.3, 0.4) is 0 Å². The van der Waals surface area contributed by atoms with E-state index in [1.54, 1.807) is 6.92 Å². The summed E-state index contributed by atoms with van der Waals surface area (Å²) in [5.74, 6) is 0. The molecule has 2 N–H and O–H groups in total. The first kappa shape index (κ1) is 10.5. The number of hydrogen-bond donors (Lipinski definition) is 2. The Hall–Kier alpha value is -1.97. The van der Waals surface area contributed by atoms with Crippen LogP contribution < -0.4 is 5.32 Å². The maximum atomic E-state index is 11.1. The molecule has 1 aromatic carbocycles. The highest BCUT2D eigenvalue weighted by Crippen LogP contribution is 2.13. The highest BCUT2D eigenvalue weighted by molar-refractivity contribution is 5.80. The fourth-order valence-corrected chi connectivity index (χ4v) is 1.57. The van der Waals surface area contributed by atoms with Crippen molar-refractivity contribution in [1.29, 1.82) is 0 Å². The number of amides is 1. The number of alkyl carbamates (subject to hydrolysis) is 1. The number of hydrogen-bond acceptors (Lipinski definition) is 2. The SMILES string of the molecule is CCOC(=O)NCc1ccc2[nH]ccc2c1. The molecule has 0 unspecified atom stereocenters. The number of carbonyl (C=O) groups excluding carboxylic acids is 1. The van der Waals surface area contributed by atoms with Crippen LogP contribution in [0.1, 0.15) is 12.5 Å². The Morgan fingerprint density at radius 3 is 3.12 bits per heavy atom. The van der Waals surface area contributed by atoms with Crippen molar-refractivity contribution in [3.63, 3.8) is 0 Å². The quantitative estimate of drug-likeness (QED) is 0.831. The van der Waals surface area contributed by atoms with E-state index >= 15 is 0 Å². The summed E-state index contributed by atoms with van der Waals surface area (Å²) in [5, 5.41) is 3.83. The smallest absolute Gasteiger partial charge is 0.407 e. The number of aromatic amines is 1. The van der Waals surface area contributed by atoms with E-state index in [4.69, 9.17) is 4.74 Å². The average molecular weight is 218 g/mol. The van der Waals surface area contributed by atoms with Crippen LogP contribution in [0.2, 0.25) is 0 Å². The Balaban J connectivity index is 2.01. The maximum Gasteiger partial charge on any atom is 0.407 e. The normalized spacial score (nSPS) is 10.3. The largest absolute Gasteiger partial charge is 0.450 e. The lowest BCUT2D eigenvalue weighted by molar-refractivity contribution is 0.151. The lowest BCUT2D eigenvalue weighted by Gasteiger charge is -2.05. The van der Waals surface area contributed by atoms with Crippen molar-refractivity contribution in [3.8, 4) is 0 Å². The van der Waals surface area contributed by atoms with Gasteiger partial charge in [0.2, 0.25) is 0 Å². The summed E-state index contributed by atoms with van der Waals surface area (Å²) >= 11 is 0. The number of rotatable bonds is 3. The molecule has 0 saturated carbocycles. The zero-order valence-corrected chi connectivity index (χ0v) is 9.12. The van der Waals surface area contributed by atoms with Gasteiger partial charge < -0.3 is 15.0 Å². The van der Waals surface area contributed by atoms with Crippen molar-refractivity contribution < 1.29 is 9.53 Å². The third kappa shape index (κ3) is 2.34. The minimum absolute atomic E-state index is 0.378. The topological polar surface area (TPSA) is 54.1 Å². The van der Waals surface area contributed by atoms with Crippen LogP contribution in [0.4, 0.5) is 4.79 Å². The minimum atomic E-state index is -0.378. The summed E-state index contributed by atoms with van der Waals surface area (Å²) in [5.41, 5.74) is 2.15. The monoisotopic (exact) mass is 218 g/mol. The zero-order chi connectivity index (χ0) is 11.4. The van der Waals surface area contributed by atoms with Gasteiger partial charge in [-0.15, -0.1) is 0 Å². The standard InChI is InChI=1S/C12H14N2O2/c1-2-16-12(15)14-8-9-3-4-11-10(7-9)5-6-13-11/h3-7,13H,2,8H2,1H3,(H,14,15). The molecule has 0 bridgehead atoms. The van der Waals surface area contributed by atoms with Gasteiger partial charge in [-0.2, -0.15) is 0 Å². The zero-order valence-electron chi connectivity index (χ0n) is 9.12. The van der Waals surface area contributed by atoms with Gasteiger partial charge in [0.25, 0.3) is 0 Å². The summed E-state index contributed by atoms with van der Waals surface area (Å²) in [6.07, 6.45) is 1.52. The molecule has 0 atom stereocenters. The van der Waals surface area contributed by atoms with Crippen LogP contribution in [0.5, 0.6) is 0 Å². The van der Waals surface area contributed by atoms with Gasteiger partial charge in [0.05, 0.1) is 6.61 Å². The maximum absolute atomic E-state index is 11.1. The Kier molecular flexibility index (Phi) is 3.10. The Morgan fingerprint density at radius 1 is 1.44 bits per heavy atom. The second kappa shape index (κ2) is 4.70. The van der Waals surface area contributed by atoms with Crippen LogP contribution in [0, 0.1) is 0 Å². The summed E-state index contributed by atoms with van der Waals surface area (Å²) in [6, 6.07) is 8.02. The van der Waals surface area contributed by atoms with Gasteiger partial charge in [-0.05, 0) is 36.1 Å². The Labute approximate surface area is 93.6 Å². The lowest BCUT2D eigenvalue weighted by Crippen LogP contribution is -2.23. The number of H-pyrrole nitrogens is 1. The summed E-state index contributed by atoms with van der Waals surface area (Å²) in [6.45, 7) is 2.66. The number of aromatic nitrogens is 1. The number of nitrogens with one attached hydrogen (secondary N) is 2. The molecule has 2 rings (SSSR count). The van der Waals surface area contributed by atoms with Gasteiger partial charge >= 0.3 is 6.09 Å². The second-order valence-electron chi connectivity index (χ2n) is 3.47. The minimum Gasteiger partial charge on any atom is -0.450 e. The molecule has 0 aliphatic carbocycles. The van der Waals surface area contributed by atoms with E-state index in [0.717, 1.165) is 16.5 Å². The number of benzene rings is 1. The predicted octanol–water partition coefficient (Wildman–Crippen LogP) is 2.41. The fraction of sp³-hybridized carbons (Fsp3) is 0.250. The molecule has 84 valence electrons. The molecule has 0 radical (unpaired) electrons. The summed E-state index contributed by atoms with van der Waals surface area (Å²) < 4.78 is 4.78. The third-order valence-electron chi connectivity index (χ3n) is 2.33. The van der Waals surface area contributed by atoms with Crippen LogP contribution in [0.25, 0.3) is 10.9 Å². The first-order valence-electron chi connectivity index (χ1n) is 5.26. The average Bonchev–Trinajstić information content (AvgIpc) is 2.74. The molecule has 0 saturated heterocycles. The molecule has 2 aromatic rings. The number of ether oxygens (including phenoxy) is 1. The first-order chi connectivity index (χ1) is 7.79. The number of carbonyl (C=O) groups is 1.